The minimum absolute atomic E-state index is 0.0786. The molecule has 0 aromatic heterocycles. The van der Waals surface area contributed by atoms with Crippen molar-refractivity contribution in [3.05, 3.63) is 70.2 Å². The van der Waals surface area contributed by atoms with Gasteiger partial charge < -0.3 is 4.90 Å². The normalized spacial score (nSPS) is 11.3. The number of halogens is 1. The van der Waals surface area contributed by atoms with E-state index in [1.54, 1.807) is 35.2 Å². The van der Waals surface area contributed by atoms with Crippen molar-refractivity contribution in [3.63, 3.8) is 0 Å². The van der Waals surface area contributed by atoms with Gasteiger partial charge in [0.1, 0.15) is 0 Å². The lowest BCUT2D eigenvalue weighted by Crippen LogP contribution is -2.30. The minimum atomic E-state index is -3.14. The molecule has 0 radical (unpaired) electrons. The van der Waals surface area contributed by atoms with Crippen molar-refractivity contribution < 1.29 is 13.2 Å². The van der Waals surface area contributed by atoms with E-state index in [0.29, 0.717) is 29.2 Å². The maximum Gasteiger partial charge on any atom is 0.254 e. The van der Waals surface area contributed by atoms with Gasteiger partial charge in [0.2, 0.25) is 0 Å². The summed E-state index contributed by atoms with van der Waals surface area (Å²) in [5, 5.41) is 0.620. The molecule has 0 bridgehead atoms. The largest absolute Gasteiger partial charge is 0.335 e. The zero-order valence-electron chi connectivity index (χ0n) is 13.7. The molecule has 0 saturated heterocycles. The van der Waals surface area contributed by atoms with Gasteiger partial charge in [0.25, 0.3) is 5.91 Å². The molecule has 0 fully saturated rings. The van der Waals surface area contributed by atoms with Gasteiger partial charge >= 0.3 is 0 Å². The molecule has 6 heteroatoms. The Morgan fingerprint density at radius 3 is 2.46 bits per heavy atom. The predicted molar refractivity (Wildman–Crippen MR) is 96.9 cm³/mol. The quantitative estimate of drug-likeness (QED) is 0.786. The van der Waals surface area contributed by atoms with Gasteiger partial charge in [-0.15, -0.1) is 0 Å². The third-order valence-corrected chi connectivity index (χ3v) is 4.82. The lowest BCUT2D eigenvalue weighted by molar-refractivity contribution is 0.0752. The lowest BCUT2D eigenvalue weighted by atomic mass is 10.1. The summed E-state index contributed by atoms with van der Waals surface area (Å²) in [6.07, 6.45) is 1.18. The zero-order chi connectivity index (χ0) is 17.7. The minimum Gasteiger partial charge on any atom is -0.335 e. The van der Waals surface area contributed by atoms with Gasteiger partial charge in [0.05, 0.1) is 5.75 Å². The van der Waals surface area contributed by atoms with Gasteiger partial charge in [-0.2, -0.15) is 0 Å². The number of nitrogens with zero attached hydrogens (tertiary/aromatic N) is 1. The number of hydrogen-bond donors (Lipinski definition) is 0. The Morgan fingerprint density at radius 2 is 1.83 bits per heavy atom. The number of carbonyl (C=O) groups is 1. The van der Waals surface area contributed by atoms with Crippen molar-refractivity contribution in [1.82, 2.24) is 4.90 Å². The van der Waals surface area contributed by atoms with E-state index in [1.165, 1.54) is 6.26 Å². The number of rotatable bonds is 6. The Labute approximate surface area is 148 Å². The van der Waals surface area contributed by atoms with Crippen LogP contribution < -0.4 is 0 Å². The average Bonchev–Trinajstić information content (AvgIpc) is 2.52. The van der Waals surface area contributed by atoms with Crippen LogP contribution in [0.1, 0.15) is 28.4 Å². The molecule has 0 aliphatic carbocycles. The lowest BCUT2D eigenvalue weighted by Gasteiger charge is -2.22. The zero-order valence-corrected chi connectivity index (χ0v) is 15.3. The monoisotopic (exact) mass is 365 g/mol. The maximum absolute atomic E-state index is 12.7. The SMILES string of the molecule is CCN(Cc1ccccc1Cl)C(=O)c1cccc(CS(C)(=O)=O)c1. The summed E-state index contributed by atoms with van der Waals surface area (Å²) in [6, 6.07) is 14.2. The first-order chi connectivity index (χ1) is 11.3. The van der Waals surface area contributed by atoms with E-state index >= 15 is 0 Å². The van der Waals surface area contributed by atoms with Crippen molar-refractivity contribution in [3.8, 4) is 0 Å². The van der Waals surface area contributed by atoms with Crippen molar-refractivity contribution in [2.24, 2.45) is 0 Å². The van der Waals surface area contributed by atoms with E-state index in [4.69, 9.17) is 11.6 Å². The van der Waals surface area contributed by atoms with Gasteiger partial charge in [0, 0.05) is 29.9 Å². The molecule has 4 nitrogen and oxygen atoms in total. The second-order valence-electron chi connectivity index (χ2n) is 5.68. The Morgan fingerprint density at radius 1 is 1.12 bits per heavy atom. The van der Waals surface area contributed by atoms with Crippen LogP contribution in [-0.2, 0) is 22.1 Å². The third kappa shape index (κ3) is 5.08. The molecule has 2 aromatic rings. The topological polar surface area (TPSA) is 54.5 Å². The van der Waals surface area contributed by atoms with Gasteiger partial charge in [-0.25, -0.2) is 8.42 Å². The molecule has 0 N–H and O–H groups in total. The first kappa shape index (κ1) is 18.5. The molecule has 1 amide bonds. The van der Waals surface area contributed by atoms with Crippen LogP contribution in [0.2, 0.25) is 5.02 Å². The van der Waals surface area contributed by atoms with Crippen molar-refractivity contribution in [2.45, 2.75) is 19.2 Å². The van der Waals surface area contributed by atoms with Crippen LogP contribution in [-0.4, -0.2) is 32.0 Å². The molecule has 128 valence electrons. The van der Waals surface area contributed by atoms with E-state index in [-0.39, 0.29) is 11.7 Å². The van der Waals surface area contributed by atoms with Crippen LogP contribution in [0.5, 0.6) is 0 Å². The molecule has 0 spiro atoms. The Kier molecular flexibility index (Phi) is 6.02. The third-order valence-electron chi connectivity index (χ3n) is 3.59. The van der Waals surface area contributed by atoms with Crippen LogP contribution in [0, 0.1) is 0 Å². The fraction of sp³-hybridized carbons (Fsp3) is 0.278. The van der Waals surface area contributed by atoms with Crippen molar-refractivity contribution in [2.75, 3.05) is 12.8 Å². The smallest absolute Gasteiger partial charge is 0.254 e. The van der Waals surface area contributed by atoms with Crippen LogP contribution >= 0.6 is 11.6 Å². The van der Waals surface area contributed by atoms with Crippen molar-refractivity contribution >= 4 is 27.3 Å². The molecule has 0 unspecified atom stereocenters. The second-order valence-corrected chi connectivity index (χ2v) is 8.23. The van der Waals surface area contributed by atoms with E-state index < -0.39 is 9.84 Å². The summed E-state index contributed by atoms with van der Waals surface area (Å²) in [7, 11) is -3.14. The van der Waals surface area contributed by atoms with Gasteiger partial charge in [0.15, 0.2) is 9.84 Å². The van der Waals surface area contributed by atoms with Crippen LogP contribution in [0.25, 0.3) is 0 Å². The van der Waals surface area contributed by atoms with Gasteiger partial charge in [-0.3, -0.25) is 4.79 Å². The summed E-state index contributed by atoms with van der Waals surface area (Å²) < 4.78 is 22.9. The van der Waals surface area contributed by atoms with Gasteiger partial charge in [-0.05, 0) is 36.2 Å². The number of carbonyl (C=O) groups excluding carboxylic acids is 1. The number of amides is 1. The summed E-state index contributed by atoms with van der Waals surface area (Å²) in [4.78, 5) is 14.4. The molecule has 2 rings (SSSR count). The standard InChI is InChI=1S/C18H20ClNO3S/c1-3-20(12-16-8-4-5-10-17(16)19)18(21)15-9-6-7-14(11-15)13-24(2,22)23/h4-11H,3,12-13H2,1-2H3. The highest BCUT2D eigenvalue weighted by Gasteiger charge is 2.16. The molecule has 0 atom stereocenters. The molecule has 24 heavy (non-hydrogen) atoms. The Bertz CT molecular complexity index is 834. The van der Waals surface area contributed by atoms with Crippen LogP contribution in [0.4, 0.5) is 0 Å². The number of benzene rings is 2. The van der Waals surface area contributed by atoms with E-state index in [2.05, 4.69) is 0 Å². The summed E-state index contributed by atoms with van der Waals surface area (Å²) in [5.74, 6) is -0.224. The number of hydrogen-bond acceptors (Lipinski definition) is 3. The summed E-state index contributed by atoms with van der Waals surface area (Å²) in [6.45, 7) is 2.83. The fourth-order valence-corrected chi connectivity index (χ4v) is 3.42. The molecule has 2 aromatic carbocycles. The molecule has 0 aliphatic rings. The van der Waals surface area contributed by atoms with Crippen LogP contribution in [0.3, 0.4) is 0 Å². The highest BCUT2D eigenvalue weighted by atomic mass is 35.5. The van der Waals surface area contributed by atoms with E-state index in [9.17, 15) is 13.2 Å². The number of sulfone groups is 1. The first-order valence-corrected chi connectivity index (χ1v) is 10.0. The first-order valence-electron chi connectivity index (χ1n) is 7.59. The highest BCUT2D eigenvalue weighted by Crippen LogP contribution is 2.19. The molecular weight excluding hydrogens is 346 g/mol. The van der Waals surface area contributed by atoms with E-state index in [0.717, 1.165) is 5.56 Å². The van der Waals surface area contributed by atoms with Crippen LogP contribution in [0.15, 0.2) is 48.5 Å². The second kappa shape index (κ2) is 7.81. The Hall–Kier alpha value is -1.85. The average molecular weight is 366 g/mol. The molecule has 0 heterocycles. The molecular formula is C18H20ClNO3S. The summed E-state index contributed by atoms with van der Waals surface area (Å²) >= 11 is 6.17. The predicted octanol–water partition coefficient (Wildman–Crippen LogP) is 3.55. The molecule has 0 saturated carbocycles. The van der Waals surface area contributed by atoms with Crippen molar-refractivity contribution in [1.29, 1.82) is 0 Å². The maximum atomic E-state index is 12.7. The fourth-order valence-electron chi connectivity index (χ4n) is 2.44. The molecule has 0 aliphatic heterocycles. The van der Waals surface area contributed by atoms with E-state index in [1.807, 2.05) is 25.1 Å². The summed E-state index contributed by atoms with van der Waals surface area (Å²) in [5.41, 5.74) is 1.96. The highest BCUT2D eigenvalue weighted by molar-refractivity contribution is 7.89. The van der Waals surface area contributed by atoms with Gasteiger partial charge in [-0.1, -0.05) is 41.9 Å². The Balaban J connectivity index is 2.22.